The van der Waals surface area contributed by atoms with Gasteiger partial charge < -0.3 is 9.47 Å². The van der Waals surface area contributed by atoms with Crippen molar-refractivity contribution < 1.29 is 9.47 Å². The third-order valence-corrected chi connectivity index (χ3v) is 4.80. The highest BCUT2D eigenvalue weighted by Gasteiger charge is 2.39. The van der Waals surface area contributed by atoms with Gasteiger partial charge in [-0.3, -0.25) is 0 Å². The number of halogens is 1. The van der Waals surface area contributed by atoms with Gasteiger partial charge in [0.25, 0.3) is 0 Å². The summed E-state index contributed by atoms with van der Waals surface area (Å²) in [5.74, 6) is 0.965. The van der Waals surface area contributed by atoms with E-state index in [1.165, 1.54) is 32.1 Å². The average Bonchev–Trinajstić information content (AvgIpc) is 2.40. The van der Waals surface area contributed by atoms with E-state index in [-0.39, 0.29) is 5.60 Å². The number of hydrogen-bond acceptors (Lipinski definition) is 2. The summed E-state index contributed by atoms with van der Waals surface area (Å²) in [4.78, 5) is 0. The van der Waals surface area contributed by atoms with Crippen molar-refractivity contribution in [3.05, 3.63) is 28.7 Å². The van der Waals surface area contributed by atoms with E-state index in [1.807, 2.05) is 24.3 Å². The zero-order valence-electron chi connectivity index (χ0n) is 11.2. The van der Waals surface area contributed by atoms with Gasteiger partial charge in [-0.1, -0.05) is 41.3 Å². The number of rotatable bonds is 2. The second kappa shape index (κ2) is 5.84. The minimum absolute atomic E-state index is 0.118. The molecule has 0 bridgehead atoms. The van der Waals surface area contributed by atoms with E-state index in [0.29, 0.717) is 6.10 Å². The summed E-state index contributed by atoms with van der Waals surface area (Å²) >= 11 is 3.49. The maximum atomic E-state index is 6.15. The predicted molar refractivity (Wildman–Crippen MR) is 79.6 cm³/mol. The zero-order valence-corrected chi connectivity index (χ0v) is 12.8. The predicted octanol–water partition coefficient (Wildman–Crippen LogP) is 4.71. The fraction of sp³-hybridized carbons (Fsp3) is 0.625. The quantitative estimate of drug-likeness (QED) is 0.784. The summed E-state index contributed by atoms with van der Waals surface area (Å²) in [7, 11) is 0. The fourth-order valence-corrected chi connectivity index (χ4v) is 3.74. The van der Waals surface area contributed by atoms with Crippen molar-refractivity contribution in [3.63, 3.8) is 0 Å². The topological polar surface area (TPSA) is 18.5 Å². The summed E-state index contributed by atoms with van der Waals surface area (Å²) < 4.78 is 13.3. The van der Waals surface area contributed by atoms with Crippen LogP contribution in [-0.2, 0) is 4.74 Å². The molecule has 1 aromatic rings. The van der Waals surface area contributed by atoms with E-state index in [0.717, 1.165) is 29.7 Å². The van der Waals surface area contributed by atoms with Crippen LogP contribution >= 0.6 is 15.9 Å². The molecule has 1 aliphatic heterocycles. The molecule has 1 heterocycles. The lowest BCUT2D eigenvalue weighted by molar-refractivity contribution is -0.129. The highest BCUT2D eigenvalue weighted by Crippen LogP contribution is 2.39. The Hall–Kier alpha value is -0.540. The number of benzene rings is 1. The maximum absolute atomic E-state index is 6.15. The van der Waals surface area contributed by atoms with Crippen LogP contribution in [0.25, 0.3) is 0 Å². The van der Waals surface area contributed by atoms with E-state index >= 15 is 0 Å². The second-order valence-electron chi connectivity index (χ2n) is 5.78. The Balaban J connectivity index is 1.65. The molecule has 1 aliphatic carbocycles. The summed E-state index contributed by atoms with van der Waals surface area (Å²) in [5, 5.41) is 0. The molecule has 1 atom stereocenters. The van der Waals surface area contributed by atoms with Gasteiger partial charge in [-0.05, 0) is 31.0 Å². The van der Waals surface area contributed by atoms with E-state index in [4.69, 9.17) is 9.47 Å². The third-order valence-electron chi connectivity index (χ3n) is 4.31. The van der Waals surface area contributed by atoms with Gasteiger partial charge in [0.2, 0.25) is 0 Å². The van der Waals surface area contributed by atoms with Crippen LogP contribution in [0.15, 0.2) is 28.7 Å². The highest BCUT2D eigenvalue weighted by atomic mass is 79.9. The number of hydrogen-bond donors (Lipinski definition) is 0. The molecule has 1 spiro atoms. The molecule has 19 heavy (non-hydrogen) atoms. The summed E-state index contributed by atoms with van der Waals surface area (Å²) in [6, 6.07) is 8.13. The summed E-state index contributed by atoms with van der Waals surface area (Å²) in [6.07, 6.45) is 8.78. The molecule has 3 rings (SSSR count). The van der Waals surface area contributed by atoms with Gasteiger partial charge >= 0.3 is 0 Å². The molecule has 2 fully saturated rings. The van der Waals surface area contributed by atoms with Crippen molar-refractivity contribution in [1.82, 2.24) is 0 Å². The Bertz CT molecular complexity index is 421. The van der Waals surface area contributed by atoms with Crippen molar-refractivity contribution in [2.24, 2.45) is 0 Å². The Morgan fingerprint density at radius 3 is 2.84 bits per heavy atom. The van der Waals surface area contributed by atoms with Gasteiger partial charge in [0, 0.05) is 17.3 Å². The molecule has 2 nitrogen and oxygen atoms in total. The molecule has 1 saturated heterocycles. The van der Waals surface area contributed by atoms with Crippen molar-refractivity contribution >= 4 is 15.9 Å². The van der Waals surface area contributed by atoms with E-state index < -0.39 is 0 Å². The normalized spacial score (nSPS) is 26.3. The van der Waals surface area contributed by atoms with Gasteiger partial charge in [-0.15, -0.1) is 0 Å². The Labute approximate surface area is 123 Å². The molecular formula is C16H21BrO2. The Morgan fingerprint density at radius 1 is 1.21 bits per heavy atom. The summed E-state index contributed by atoms with van der Waals surface area (Å²) in [6.45, 7) is 0.846. The smallest absolute Gasteiger partial charge is 0.120 e. The molecule has 0 N–H and O–H groups in total. The average molecular weight is 325 g/mol. The van der Waals surface area contributed by atoms with Gasteiger partial charge in [0.05, 0.1) is 12.2 Å². The molecule has 2 aliphatic rings. The van der Waals surface area contributed by atoms with Crippen LogP contribution in [0.1, 0.15) is 44.9 Å². The fourth-order valence-electron chi connectivity index (χ4n) is 3.36. The molecule has 1 unspecified atom stereocenters. The Morgan fingerprint density at radius 2 is 2.05 bits per heavy atom. The van der Waals surface area contributed by atoms with Crippen LogP contribution in [0.2, 0.25) is 0 Å². The first-order valence-electron chi connectivity index (χ1n) is 7.32. The molecule has 0 radical (unpaired) electrons. The lowest BCUT2D eigenvalue weighted by Gasteiger charge is -2.43. The third kappa shape index (κ3) is 3.32. The van der Waals surface area contributed by atoms with Crippen molar-refractivity contribution in [2.45, 2.75) is 56.7 Å². The Kier molecular flexibility index (Phi) is 4.13. The highest BCUT2D eigenvalue weighted by molar-refractivity contribution is 9.10. The lowest BCUT2D eigenvalue weighted by Crippen LogP contribution is -2.45. The first-order chi connectivity index (χ1) is 9.26. The molecule has 1 saturated carbocycles. The standard InChI is InChI=1S/C16H21BrO2/c17-13-5-4-6-14(11-13)19-15-7-10-18-16(12-15)8-2-1-3-9-16/h4-6,11,15H,1-3,7-10,12H2. The lowest BCUT2D eigenvalue weighted by atomic mass is 9.79. The van der Waals surface area contributed by atoms with Crippen LogP contribution in [0, 0.1) is 0 Å². The zero-order chi connectivity index (χ0) is 13.1. The van der Waals surface area contributed by atoms with Crippen molar-refractivity contribution in [2.75, 3.05) is 6.61 Å². The molecule has 104 valence electrons. The SMILES string of the molecule is Brc1cccc(OC2CCOC3(CCCCC3)C2)c1. The van der Waals surface area contributed by atoms with Gasteiger partial charge in [-0.25, -0.2) is 0 Å². The van der Waals surface area contributed by atoms with Gasteiger partial charge in [0.1, 0.15) is 11.9 Å². The summed E-state index contributed by atoms with van der Waals surface area (Å²) in [5.41, 5.74) is 0.118. The van der Waals surface area contributed by atoms with Gasteiger partial charge in [0.15, 0.2) is 0 Å². The minimum atomic E-state index is 0.118. The first kappa shape index (κ1) is 13.4. The molecule has 3 heteroatoms. The van der Waals surface area contributed by atoms with Crippen LogP contribution in [-0.4, -0.2) is 18.3 Å². The first-order valence-corrected chi connectivity index (χ1v) is 8.11. The van der Waals surface area contributed by atoms with Crippen LogP contribution in [0.4, 0.5) is 0 Å². The van der Waals surface area contributed by atoms with E-state index in [9.17, 15) is 0 Å². The van der Waals surface area contributed by atoms with E-state index in [1.54, 1.807) is 0 Å². The van der Waals surface area contributed by atoms with Crippen molar-refractivity contribution in [1.29, 1.82) is 0 Å². The largest absolute Gasteiger partial charge is 0.490 e. The number of ether oxygens (including phenoxy) is 2. The van der Waals surface area contributed by atoms with E-state index in [2.05, 4.69) is 15.9 Å². The molecule has 0 aromatic heterocycles. The van der Waals surface area contributed by atoms with Crippen LogP contribution in [0.3, 0.4) is 0 Å². The van der Waals surface area contributed by atoms with Gasteiger partial charge in [-0.2, -0.15) is 0 Å². The second-order valence-corrected chi connectivity index (χ2v) is 6.70. The molecular weight excluding hydrogens is 304 g/mol. The molecule has 0 amide bonds. The van der Waals surface area contributed by atoms with Crippen molar-refractivity contribution in [3.8, 4) is 5.75 Å². The molecule has 1 aromatic carbocycles. The minimum Gasteiger partial charge on any atom is -0.490 e. The van der Waals surface area contributed by atoms with Crippen LogP contribution < -0.4 is 4.74 Å². The maximum Gasteiger partial charge on any atom is 0.120 e. The monoisotopic (exact) mass is 324 g/mol. The van der Waals surface area contributed by atoms with Crippen LogP contribution in [0.5, 0.6) is 5.75 Å².